The maximum Gasteiger partial charge on any atom is 0.416 e. The molecule has 2 aromatic rings. The van der Waals surface area contributed by atoms with Gasteiger partial charge in [-0.2, -0.15) is 18.4 Å². The molecule has 1 fully saturated rings. The third-order valence-corrected chi connectivity index (χ3v) is 3.74. The summed E-state index contributed by atoms with van der Waals surface area (Å²) < 4.78 is 44.2. The molecule has 1 saturated heterocycles. The van der Waals surface area contributed by atoms with Crippen LogP contribution in [0.5, 0.6) is 0 Å². The zero-order valence-electron chi connectivity index (χ0n) is 12.5. The minimum Gasteiger partial charge on any atom is -0.370 e. The highest BCUT2D eigenvalue weighted by Gasteiger charge is 2.32. The van der Waals surface area contributed by atoms with Crippen molar-refractivity contribution in [2.75, 3.05) is 24.6 Å². The van der Waals surface area contributed by atoms with Crippen molar-refractivity contribution in [3.05, 3.63) is 53.5 Å². The van der Waals surface area contributed by atoms with Crippen LogP contribution in [0.1, 0.15) is 22.9 Å². The molecule has 0 N–H and O–H groups in total. The van der Waals surface area contributed by atoms with Gasteiger partial charge in [-0.1, -0.05) is 12.1 Å². The number of hydrogen-bond donors (Lipinski definition) is 0. The molecule has 8 heteroatoms. The SMILES string of the molecule is N#Cc1nccnc1N1CCO[C@@H](c2cccc(C(F)(F)F)c2)C1. The Morgan fingerprint density at radius 1 is 1.25 bits per heavy atom. The number of anilines is 1. The Morgan fingerprint density at radius 3 is 2.79 bits per heavy atom. The van der Waals surface area contributed by atoms with Crippen LogP contribution in [0.25, 0.3) is 0 Å². The summed E-state index contributed by atoms with van der Waals surface area (Å²) in [6.45, 7) is 1.11. The van der Waals surface area contributed by atoms with Gasteiger partial charge in [0.15, 0.2) is 11.5 Å². The molecule has 5 nitrogen and oxygen atoms in total. The lowest BCUT2D eigenvalue weighted by atomic mass is 10.0. The minimum atomic E-state index is -4.40. The van der Waals surface area contributed by atoms with Crippen LogP contribution in [0.3, 0.4) is 0 Å². The molecule has 0 bridgehead atoms. The number of aromatic nitrogens is 2. The van der Waals surface area contributed by atoms with Crippen molar-refractivity contribution in [3.63, 3.8) is 0 Å². The molecule has 0 unspecified atom stereocenters. The molecule has 2 heterocycles. The molecular formula is C16H13F3N4O. The summed E-state index contributed by atoms with van der Waals surface area (Å²) >= 11 is 0. The number of nitriles is 1. The fraction of sp³-hybridized carbons (Fsp3) is 0.312. The number of rotatable bonds is 2. The molecule has 1 aromatic carbocycles. The van der Waals surface area contributed by atoms with E-state index >= 15 is 0 Å². The van der Waals surface area contributed by atoms with Crippen LogP contribution in [0.4, 0.5) is 19.0 Å². The van der Waals surface area contributed by atoms with Gasteiger partial charge in [-0.25, -0.2) is 9.97 Å². The molecule has 1 aliphatic rings. The quantitative estimate of drug-likeness (QED) is 0.845. The van der Waals surface area contributed by atoms with E-state index in [1.807, 2.05) is 6.07 Å². The number of alkyl halides is 3. The van der Waals surface area contributed by atoms with Gasteiger partial charge in [-0.15, -0.1) is 0 Å². The molecule has 0 spiro atoms. The first-order chi connectivity index (χ1) is 11.5. The van der Waals surface area contributed by atoms with E-state index in [9.17, 15) is 13.2 Å². The van der Waals surface area contributed by atoms with Gasteiger partial charge in [0, 0.05) is 25.5 Å². The second-order valence-corrected chi connectivity index (χ2v) is 5.27. The summed E-state index contributed by atoms with van der Waals surface area (Å²) in [5, 5.41) is 9.12. The summed E-state index contributed by atoms with van der Waals surface area (Å²) in [7, 11) is 0. The standard InChI is InChI=1S/C16H13F3N4O/c17-16(18,19)12-3-1-2-11(8-12)14-10-23(6-7-24-14)15-13(9-20)21-4-5-22-15/h1-5,8,14H,6-7,10H2/t14-/m1/s1. The van der Waals surface area contributed by atoms with Crippen molar-refractivity contribution < 1.29 is 17.9 Å². The molecule has 1 atom stereocenters. The molecule has 24 heavy (non-hydrogen) atoms. The minimum absolute atomic E-state index is 0.183. The smallest absolute Gasteiger partial charge is 0.370 e. The Kier molecular flexibility index (Phi) is 4.36. The topological polar surface area (TPSA) is 62.0 Å². The Labute approximate surface area is 136 Å². The molecule has 0 aliphatic carbocycles. The average Bonchev–Trinajstić information content (AvgIpc) is 2.61. The Hall–Kier alpha value is -2.66. The number of nitrogens with zero attached hydrogens (tertiary/aromatic N) is 4. The predicted molar refractivity (Wildman–Crippen MR) is 79.1 cm³/mol. The summed E-state index contributed by atoms with van der Waals surface area (Å²) in [5.74, 6) is 0.417. The van der Waals surface area contributed by atoms with Gasteiger partial charge in [0.1, 0.15) is 12.2 Å². The van der Waals surface area contributed by atoms with Crippen LogP contribution in [0.15, 0.2) is 36.7 Å². The van der Waals surface area contributed by atoms with Gasteiger partial charge < -0.3 is 9.64 Å². The third-order valence-electron chi connectivity index (χ3n) is 3.74. The number of ether oxygens (including phenoxy) is 1. The summed E-state index contributed by atoms with van der Waals surface area (Å²) in [6.07, 6.45) is -2.03. The number of benzene rings is 1. The maximum atomic E-state index is 12.9. The fourth-order valence-electron chi connectivity index (χ4n) is 2.60. The first kappa shape index (κ1) is 16.2. The molecule has 3 rings (SSSR count). The van der Waals surface area contributed by atoms with E-state index in [2.05, 4.69) is 9.97 Å². The van der Waals surface area contributed by atoms with E-state index in [1.165, 1.54) is 18.5 Å². The normalized spacial score (nSPS) is 18.2. The van der Waals surface area contributed by atoms with Crippen LogP contribution in [-0.4, -0.2) is 29.7 Å². The molecule has 124 valence electrons. The highest BCUT2D eigenvalue weighted by molar-refractivity contribution is 5.50. The summed E-state index contributed by atoms with van der Waals surface area (Å²) in [5.41, 5.74) is -0.0861. The maximum absolute atomic E-state index is 12.9. The second kappa shape index (κ2) is 6.45. The highest BCUT2D eigenvalue weighted by atomic mass is 19.4. The van der Waals surface area contributed by atoms with Crippen molar-refractivity contribution >= 4 is 5.82 Å². The van der Waals surface area contributed by atoms with E-state index in [0.717, 1.165) is 12.1 Å². The highest BCUT2D eigenvalue weighted by Crippen LogP contribution is 2.32. The molecule has 0 amide bonds. The molecular weight excluding hydrogens is 321 g/mol. The molecule has 1 aromatic heterocycles. The number of morpholine rings is 1. The molecule has 0 saturated carbocycles. The van der Waals surface area contributed by atoms with Crippen LogP contribution in [0.2, 0.25) is 0 Å². The average molecular weight is 334 g/mol. The number of halogens is 3. The van der Waals surface area contributed by atoms with Gasteiger partial charge in [0.2, 0.25) is 0 Å². The van der Waals surface area contributed by atoms with Crippen LogP contribution in [-0.2, 0) is 10.9 Å². The van der Waals surface area contributed by atoms with Crippen molar-refractivity contribution in [1.82, 2.24) is 9.97 Å². The van der Waals surface area contributed by atoms with Crippen molar-refractivity contribution in [3.8, 4) is 6.07 Å². The van der Waals surface area contributed by atoms with E-state index in [4.69, 9.17) is 10.00 Å². The zero-order chi connectivity index (χ0) is 17.2. The number of hydrogen-bond acceptors (Lipinski definition) is 5. The monoisotopic (exact) mass is 334 g/mol. The Balaban J connectivity index is 1.85. The van der Waals surface area contributed by atoms with Gasteiger partial charge in [-0.05, 0) is 17.7 Å². The zero-order valence-corrected chi connectivity index (χ0v) is 12.5. The summed E-state index contributed by atoms with van der Waals surface area (Å²) in [6, 6.07) is 7.06. The fourth-order valence-corrected chi connectivity index (χ4v) is 2.60. The van der Waals surface area contributed by atoms with Gasteiger partial charge >= 0.3 is 6.18 Å². The molecule has 0 radical (unpaired) electrons. The predicted octanol–water partition coefficient (Wildman–Crippen LogP) is 2.94. The van der Waals surface area contributed by atoms with Crippen LogP contribution < -0.4 is 4.90 Å². The lowest BCUT2D eigenvalue weighted by Crippen LogP contribution is -2.39. The van der Waals surface area contributed by atoms with Crippen molar-refractivity contribution in [1.29, 1.82) is 5.26 Å². The first-order valence-electron chi connectivity index (χ1n) is 7.24. The van der Waals surface area contributed by atoms with Gasteiger partial charge in [-0.3, -0.25) is 0 Å². The lowest BCUT2D eigenvalue weighted by molar-refractivity contribution is -0.137. The second-order valence-electron chi connectivity index (χ2n) is 5.27. The molecule has 1 aliphatic heterocycles. The van der Waals surface area contributed by atoms with E-state index in [-0.39, 0.29) is 5.69 Å². The lowest BCUT2D eigenvalue weighted by Gasteiger charge is -2.34. The Morgan fingerprint density at radius 2 is 2.04 bits per heavy atom. The Bertz CT molecular complexity index is 772. The largest absolute Gasteiger partial charge is 0.416 e. The van der Waals surface area contributed by atoms with E-state index < -0.39 is 17.8 Å². The van der Waals surface area contributed by atoms with Crippen molar-refractivity contribution in [2.45, 2.75) is 12.3 Å². The van der Waals surface area contributed by atoms with Gasteiger partial charge in [0.25, 0.3) is 0 Å². The van der Waals surface area contributed by atoms with E-state index in [0.29, 0.717) is 31.1 Å². The summed E-state index contributed by atoms with van der Waals surface area (Å²) in [4.78, 5) is 9.93. The third kappa shape index (κ3) is 3.31. The first-order valence-corrected chi connectivity index (χ1v) is 7.24. The van der Waals surface area contributed by atoms with Crippen molar-refractivity contribution in [2.24, 2.45) is 0 Å². The van der Waals surface area contributed by atoms with E-state index in [1.54, 1.807) is 11.0 Å². The van der Waals surface area contributed by atoms with Crippen LogP contribution >= 0.6 is 0 Å². The van der Waals surface area contributed by atoms with Gasteiger partial charge in [0.05, 0.1) is 12.2 Å². The van der Waals surface area contributed by atoms with Crippen LogP contribution in [0, 0.1) is 11.3 Å².